The third-order valence-electron chi connectivity index (χ3n) is 4.56. The summed E-state index contributed by atoms with van der Waals surface area (Å²) in [5.41, 5.74) is 2.42. The number of nitrogens with zero attached hydrogens (tertiary/aromatic N) is 3. The SMILES string of the molecule is CCN(CC)C(=O)CN1CCN(c2ccccc2CCO)CC1. The minimum atomic E-state index is 0.176. The molecule has 1 aliphatic heterocycles. The van der Waals surface area contributed by atoms with E-state index in [4.69, 9.17) is 0 Å². The number of likely N-dealkylation sites (N-methyl/N-ethyl adjacent to an activating group) is 1. The lowest BCUT2D eigenvalue weighted by molar-refractivity contribution is -0.132. The molecular weight excluding hydrogens is 290 g/mol. The zero-order chi connectivity index (χ0) is 16.7. The first-order valence-corrected chi connectivity index (χ1v) is 8.63. The number of carbonyl (C=O) groups excluding carboxylic acids is 1. The van der Waals surface area contributed by atoms with Crippen LogP contribution in [0.3, 0.4) is 0 Å². The average Bonchev–Trinajstić information content (AvgIpc) is 2.58. The summed E-state index contributed by atoms with van der Waals surface area (Å²) >= 11 is 0. The number of hydrogen-bond acceptors (Lipinski definition) is 4. The molecule has 0 unspecified atom stereocenters. The zero-order valence-corrected chi connectivity index (χ0v) is 14.4. The Bertz CT molecular complexity index is 495. The highest BCUT2D eigenvalue weighted by molar-refractivity contribution is 5.78. The van der Waals surface area contributed by atoms with E-state index in [1.54, 1.807) is 0 Å². The van der Waals surface area contributed by atoms with Crippen molar-refractivity contribution in [2.75, 3.05) is 57.3 Å². The Balaban J connectivity index is 1.90. The van der Waals surface area contributed by atoms with Crippen LogP contribution in [0.1, 0.15) is 19.4 Å². The number of amides is 1. The van der Waals surface area contributed by atoms with E-state index in [2.05, 4.69) is 21.9 Å². The summed E-state index contributed by atoms with van der Waals surface area (Å²) in [6.45, 7) is 9.97. The van der Waals surface area contributed by atoms with Gasteiger partial charge in [0.15, 0.2) is 0 Å². The largest absolute Gasteiger partial charge is 0.396 e. The van der Waals surface area contributed by atoms with Gasteiger partial charge in [0.25, 0.3) is 0 Å². The van der Waals surface area contributed by atoms with Crippen LogP contribution in [-0.2, 0) is 11.2 Å². The van der Waals surface area contributed by atoms with Gasteiger partial charge in [-0.2, -0.15) is 0 Å². The molecule has 0 aliphatic carbocycles. The molecule has 1 heterocycles. The van der Waals surface area contributed by atoms with Crippen molar-refractivity contribution in [2.45, 2.75) is 20.3 Å². The van der Waals surface area contributed by atoms with Crippen molar-refractivity contribution >= 4 is 11.6 Å². The number of carbonyl (C=O) groups is 1. The smallest absolute Gasteiger partial charge is 0.236 e. The molecule has 1 saturated heterocycles. The molecule has 1 fully saturated rings. The summed E-state index contributed by atoms with van der Waals surface area (Å²) in [5, 5.41) is 9.21. The van der Waals surface area contributed by atoms with Crippen LogP contribution in [0.15, 0.2) is 24.3 Å². The van der Waals surface area contributed by atoms with Crippen molar-refractivity contribution in [3.05, 3.63) is 29.8 Å². The molecule has 1 N–H and O–H groups in total. The summed E-state index contributed by atoms with van der Waals surface area (Å²) in [4.78, 5) is 18.7. The Morgan fingerprint density at radius 3 is 2.39 bits per heavy atom. The number of hydrogen-bond donors (Lipinski definition) is 1. The molecule has 0 radical (unpaired) electrons. The van der Waals surface area contributed by atoms with Crippen molar-refractivity contribution in [1.82, 2.24) is 9.80 Å². The predicted octanol–water partition coefficient (Wildman–Crippen LogP) is 1.21. The lowest BCUT2D eigenvalue weighted by Crippen LogP contribution is -2.50. The highest BCUT2D eigenvalue weighted by atomic mass is 16.3. The van der Waals surface area contributed by atoms with E-state index in [1.807, 2.05) is 30.9 Å². The van der Waals surface area contributed by atoms with Gasteiger partial charge in [0.05, 0.1) is 6.54 Å². The Hall–Kier alpha value is -1.59. The second kappa shape index (κ2) is 8.89. The fourth-order valence-electron chi connectivity index (χ4n) is 3.17. The molecule has 128 valence electrons. The first-order chi connectivity index (χ1) is 11.2. The van der Waals surface area contributed by atoms with Gasteiger partial charge < -0.3 is 14.9 Å². The molecule has 1 aliphatic rings. The fourth-order valence-corrected chi connectivity index (χ4v) is 3.17. The summed E-state index contributed by atoms with van der Waals surface area (Å²) in [5.74, 6) is 0.226. The molecule has 23 heavy (non-hydrogen) atoms. The van der Waals surface area contributed by atoms with E-state index in [9.17, 15) is 9.90 Å². The standard InChI is InChI=1S/C18H29N3O2/c1-3-20(4-2)18(23)15-19-10-12-21(13-11-19)17-8-6-5-7-16(17)9-14-22/h5-8,22H,3-4,9-15H2,1-2H3. The molecule has 0 aromatic heterocycles. The minimum Gasteiger partial charge on any atom is -0.396 e. The molecule has 1 aromatic carbocycles. The predicted molar refractivity (Wildman–Crippen MR) is 93.8 cm³/mol. The molecular formula is C18H29N3O2. The Labute approximate surface area is 139 Å². The number of rotatable bonds is 7. The molecule has 1 aromatic rings. The molecule has 2 rings (SSSR count). The van der Waals surface area contributed by atoms with Crippen LogP contribution in [0, 0.1) is 0 Å². The van der Waals surface area contributed by atoms with Crippen LogP contribution in [0.25, 0.3) is 0 Å². The number of piperazine rings is 1. The van der Waals surface area contributed by atoms with Crippen LogP contribution in [0.2, 0.25) is 0 Å². The van der Waals surface area contributed by atoms with Crippen LogP contribution in [0.4, 0.5) is 5.69 Å². The summed E-state index contributed by atoms with van der Waals surface area (Å²) in [6.07, 6.45) is 0.691. The first kappa shape index (κ1) is 17.8. The lowest BCUT2D eigenvalue weighted by atomic mass is 10.1. The van der Waals surface area contributed by atoms with Crippen LogP contribution < -0.4 is 4.90 Å². The summed E-state index contributed by atoms with van der Waals surface area (Å²) < 4.78 is 0. The maximum atomic E-state index is 12.2. The molecule has 0 spiro atoms. The minimum absolute atomic E-state index is 0.176. The Morgan fingerprint density at radius 2 is 1.78 bits per heavy atom. The Morgan fingerprint density at radius 1 is 1.13 bits per heavy atom. The van der Waals surface area contributed by atoms with Gasteiger partial charge in [0.1, 0.15) is 0 Å². The van der Waals surface area contributed by atoms with Gasteiger partial charge in [-0.1, -0.05) is 18.2 Å². The van der Waals surface area contributed by atoms with Gasteiger partial charge in [-0.3, -0.25) is 9.69 Å². The molecule has 5 heteroatoms. The molecule has 5 nitrogen and oxygen atoms in total. The maximum absolute atomic E-state index is 12.2. The van der Waals surface area contributed by atoms with Crippen molar-refractivity contribution in [2.24, 2.45) is 0 Å². The van der Waals surface area contributed by atoms with Gasteiger partial charge in [-0.25, -0.2) is 0 Å². The molecule has 0 atom stereocenters. The van der Waals surface area contributed by atoms with Crippen LogP contribution in [0.5, 0.6) is 0 Å². The second-order valence-electron chi connectivity index (χ2n) is 5.93. The van der Waals surface area contributed by atoms with Gasteiger partial charge >= 0.3 is 0 Å². The third-order valence-corrected chi connectivity index (χ3v) is 4.56. The quantitative estimate of drug-likeness (QED) is 0.821. The molecule has 0 bridgehead atoms. The van der Waals surface area contributed by atoms with E-state index < -0.39 is 0 Å². The van der Waals surface area contributed by atoms with Crippen LogP contribution >= 0.6 is 0 Å². The second-order valence-corrected chi connectivity index (χ2v) is 5.93. The normalized spacial score (nSPS) is 15.7. The number of benzene rings is 1. The van der Waals surface area contributed by atoms with Gasteiger partial charge in [0, 0.05) is 51.6 Å². The topological polar surface area (TPSA) is 47.0 Å². The summed E-state index contributed by atoms with van der Waals surface area (Å²) in [7, 11) is 0. The Kier molecular flexibility index (Phi) is 6.86. The number of anilines is 1. The molecule has 1 amide bonds. The van der Waals surface area contributed by atoms with E-state index in [0.717, 1.165) is 39.3 Å². The van der Waals surface area contributed by atoms with E-state index in [0.29, 0.717) is 13.0 Å². The third kappa shape index (κ3) is 4.69. The van der Waals surface area contributed by atoms with Gasteiger partial charge in [-0.05, 0) is 31.9 Å². The lowest BCUT2D eigenvalue weighted by Gasteiger charge is -2.37. The summed E-state index contributed by atoms with van der Waals surface area (Å²) in [6, 6.07) is 8.28. The highest BCUT2D eigenvalue weighted by Crippen LogP contribution is 2.22. The highest BCUT2D eigenvalue weighted by Gasteiger charge is 2.21. The van der Waals surface area contributed by atoms with E-state index >= 15 is 0 Å². The van der Waals surface area contributed by atoms with Gasteiger partial charge in [0.2, 0.25) is 5.91 Å². The maximum Gasteiger partial charge on any atom is 0.236 e. The number of aliphatic hydroxyl groups is 1. The van der Waals surface area contributed by atoms with Gasteiger partial charge in [-0.15, -0.1) is 0 Å². The monoisotopic (exact) mass is 319 g/mol. The van der Waals surface area contributed by atoms with Crippen LogP contribution in [-0.4, -0.2) is 73.2 Å². The number of aliphatic hydroxyl groups excluding tert-OH is 1. The molecule has 0 saturated carbocycles. The fraction of sp³-hybridized carbons (Fsp3) is 0.611. The van der Waals surface area contributed by atoms with Crippen molar-refractivity contribution < 1.29 is 9.90 Å². The van der Waals surface area contributed by atoms with Crippen molar-refractivity contribution in [3.8, 4) is 0 Å². The first-order valence-electron chi connectivity index (χ1n) is 8.63. The number of para-hydroxylation sites is 1. The van der Waals surface area contributed by atoms with Crippen molar-refractivity contribution in [3.63, 3.8) is 0 Å². The van der Waals surface area contributed by atoms with Crippen molar-refractivity contribution in [1.29, 1.82) is 0 Å². The average molecular weight is 319 g/mol. The van der Waals surface area contributed by atoms with E-state index in [1.165, 1.54) is 11.3 Å². The van der Waals surface area contributed by atoms with E-state index in [-0.39, 0.29) is 12.5 Å². The zero-order valence-electron chi connectivity index (χ0n) is 14.4.